The zero-order chi connectivity index (χ0) is 18.4. The molecule has 0 spiro atoms. The lowest BCUT2D eigenvalue weighted by Crippen LogP contribution is -2.36. The Labute approximate surface area is 155 Å². The Bertz CT molecular complexity index is 975. The Morgan fingerprint density at radius 3 is 2.67 bits per heavy atom. The minimum absolute atomic E-state index is 0.0794. The highest BCUT2D eigenvalue weighted by atomic mass is 16.3. The Morgan fingerprint density at radius 1 is 1.11 bits per heavy atom. The third kappa shape index (κ3) is 2.86. The highest BCUT2D eigenvalue weighted by molar-refractivity contribution is 5.94. The number of para-hydroxylation sites is 2. The number of rotatable bonds is 2. The van der Waals surface area contributed by atoms with Gasteiger partial charge in [0.05, 0.1) is 29.4 Å². The summed E-state index contributed by atoms with van der Waals surface area (Å²) in [6.45, 7) is 1.33. The van der Waals surface area contributed by atoms with E-state index >= 15 is 0 Å². The number of likely N-dealkylation sites (tertiary alicyclic amines) is 1. The summed E-state index contributed by atoms with van der Waals surface area (Å²) in [6.07, 6.45) is 5.69. The van der Waals surface area contributed by atoms with E-state index in [2.05, 4.69) is 20.1 Å². The Morgan fingerprint density at radius 2 is 1.89 bits per heavy atom. The normalized spacial score (nSPS) is 27.7. The lowest BCUT2D eigenvalue weighted by Gasteiger charge is -2.34. The molecular formula is C19H20N6O2. The van der Waals surface area contributed by atoms with E-state index in [9.17, 15) is 9.90 Å². The molecule has 1 aliphatic heterocycles. The molecule has 0 bridgehead atoms. The van der Waals surface area contributed by atoms with E-state index in [1.54, 1.807) is 17.2 Å². The second kappa shape index (κ2) is 6.38. The van der Waals surface area contributed by atoms with E-state index in [1.807, 2.05) is 29.2 Å². The largest absolute Gasteiger partial charge is 0.391 e. The van der Waals surface area contributed by atoms with Gasteiger partial charge in [0.2, 0.25) is 0 Å². The average molecular weight is 364 g/mol. The van der Waals surface area contributed by atoms with E-state index < -0.39 is 6.10 Å². The number of benzene rings is 1. The van der Waals surface area contributed by atoms with Crippen LogP contribution in [0.1, 0.15) is 29.4 Å². The van der Waals surface area contributed by atoms with Crippen molar-refractivity contribution in [2.75, 3.05) is 13.1 Å². The molecule has 1 saturated carbocycles. The Hall–Kier alpha value is -2.87. The number of fused-ring (bicyclic) bond motifs is 2. The first-order chi connectivity index (χ1) is 13.2. The molecule has 0 unspecified atom stereocenters. The molecule has 1 N–H and O–H groups in total. The molecule has 1 amide bonds. The summed E-state index contributed by atoms with van der Waals surface area (Å²) >= 11 is 0. The molecule has 3 aromatic rings. The van der Waals surface area contributed by atoms with Crippen molar-refractivity contribution in [1.29, 1.82) is 0 Å². The Kier molecular flexibility index (Phi) is 3.86. The van der Waals surface area contributed by atoms with Crippen LogP contribution in [0.5, 0.6) is 0 Å². The quantitative estimate of drug-likeness (QED) is 0.736. The molecule has 1 saturated heterocycles. The van der Waals surface area contributed by atoms with E-state index in [-0.39, 0.29) is 11.9 Å². The van der Waals surface area contributed by atoms with Gasteiger partial charge in [-0.1, -0.05) is 12.1 Å². The highest BCUT2D eigenvalue weighted by Crippen LogP contribution is 2.41. The monoisotopic (exact) mass is 364 g/mol. The molecule has 4 atom stereocenters. The van der Waals surface area contributed by atoms with E-state index in [0.717, 1.165) is 17.5 Å². The van der Waals surface area contributed by atoms with Gasteiger partial charge in [-0.25, -0.2) is 14.6 Å². The van der Waals surface area contributed by atoms with Crippen LogP contribution in [-0.4, -0.2) is 59.8 Å². The van der Waals surface area contributed by atoms with Crippen LogP contribution in [0.25, 0.3) is 11.0 Å². The minimum Gasteiger partial charge on any atom is -0.391 e. The second-order valence-electron chi connectivity index (χ2n) is 7.46. The van der Waals surface area contributed by atoms with Gasteiger partial charge < -0.3 is 10.0 Å². The van der Waals surface area contributed by atoms with Gasteiger partial charge in [0.15, 0.2) is 0 Å². The predicted octanol–water partition coefficient (Wildman–Crippen LogP) is 1.31. The standard InChI is InChI=1S/C19H20N6O2/c26-18-6-13-9-24(8-12(13)5-17(18)25-11-20-10-22-25)19(27)16-7-21-14-3-1-2-4-15(14)23-16/h1-4,7,10-13,17-18,26H,5-6,8-9H2/t12-,13+,17-,18-/m1/s1. The first kappa shape index (κ1) is 16.3. The number of aliphatic hydroxyl groups is 1. The fourth-order valence-corrected chi connectivity index (χ4v) is 4.47. The summed E-state index contributed by atoms with van der Waals surface area (Å²) in [7, 11) is 0. The SMILES string of the molecule is O=C(c1cnc2ccccc2n1)N1C[C@H]2C[C@@H](n3cncn3)[C@H](O)C[C@H]2C1. The molecule has 2 aliphatic rings. The van der Waals surface area contributed by atoms with Gasteiger partial charge >= 0.3 is 0 Å². The number of hydrogen-bond donors (Lipinski definition) is 1. The summed E-state index contributed by atoms with van der Waals surface area (Å²) in [5.41, 5.74) is 1.88. The molecule has 138 valence electrons. The lowest BCUT2D eigenvalue weighted by molar-refractivity contribution is 0.0304. The van der Waals surface area contributed by atoms with E-state index in [0.29, 0.717) is 37.0 Å². The van der Waals surface area contributed by atoms with Gasteiger partial charge in [0.25, 0.3) is 5.91 Å². The number of aromatic nitrogens is 5. The summed E-state index contributed by atoms with van der Waals surface area (Å²) in [6, 6.07) is 7.46. The zero-order valence-corrected chi connectivity index (χ0v) is 14.7. The van der Waals surface area contributed by atoms with Gasteiger partial charge in [-0.05, 0) is 36.8 Å². The Balaban J connectivity index is 1.34. The zero-order valence-electron chi connectivity index (χ0n) is 14.7. The van der Waals surface area contributed by atoms with E-state index in [1.165, 1.54) is 6.33 Å². The van der Waals surface area contributed by atoms with Gasteiger partial charge in [-0.3, -0.25) is 9.78 Å². The molecule has 1 aromatic carbocycles. The average Bonchev–Trinajstić information content (AvgIpc) is 3.35. The highest BCUT2D eigenvalue weighted by Gasteiger charge is 2.44. The fourth-order valence-electron chi connectivity index (χ4n) is 4.47. The summed E-state index contributed by atoms with van der Waals surface area (Å²) < 4.78 is 1.74. The predicted molar refractivity (Wildman–Crippen MR) is 96.7 cm³/mol. The van der Waals surface area contributed by atoms with Crippen LogP contribution < -0.4 is 0 Å². The van der Waals surface area contributed by atoms with Crippen molar-refractivity contribution in [2.24, 2.45) is 11.8 Å². The third-order valence-corrected chi connectivity index (χ3v) is 5.84. The van der Waals surface area contributed by atoms with Crippen LogP contribution in [0, 0.1) is 11.8 Å². The number of carbonyl (C=O) groups is 1. The van der Waals surface area contributed by atoms with Crippen molar-refractivity contribution < 1.29 is 9.90 Å². The molecule has 3 heterocycles. The summed E-state index contributed by atoms with van der Waals surface area (Å²) in [5, 5.41) is 14.7. The lowest BCUT2D eigenvalue weighted by atomic mass is 9.77. The van der Waals surface area contributed by atoms with Crippen molar-refractivity contribution in [3.63, 3.8) is 0 Å². The minimum atomic E-state index is -0.469. The third-order valence-electron chi connectivity index (χ3n) is 5.84. The van der Waals surface area contributed by atoms with Crippen LogP contribution in [0.4, 0.5) is 0 Å². The van der Waals surface area contributed by atoms with Crippen molar-refractivity contribution in [3.8, 4) is 0 Å². The van der Waals surface area contributed by atoms with Crippen LogP contribution in [0.15, 0.2) is 43.1 Å². The summed E-state index contributed by atoms with van der Waals surface area (Å²) in [5.74, 6) is 0.562. The van der Waals surface area contributed by atoms with Crippen LogP contribution in [0.3, 0.4) is 0 Å². The molecule has 0 radical (unpaired) electrons. The summed E-state index contributed by atoms with van der Waals surface area (Å²) in [4.78, 5) is 27.6. The number of nitrogens with zero attached hydrogens (tertiary/aromatic N) is 6. The maximum absolute atomic E-state index is 13.0. The first-order valence-electron chi connectivity index (χ1n) is 9.22. The first-order valence-corrected chi connectivity index (χ1v) is 9.22. The molecule has 8 heteroatoms. The van der Waals surface area contributed by atoms with Gasteiger partial charge in [-0.2, -0.15) is 5.10 Å². The van der Waals surface area contributed by atoms with E-state index in [4.69, 9.17) is 0 Å². The smallest absolute Gasteiger partial charge is 0.274 e. The van der Waals surface area contributed by atoms with Crippen molar-refractivity contribution >= 4 is 16.9 Å². The second-order valence-corrected chi connectivity index (χ2v) is 7.46. The number of hydrogen-bond acceptors (Lipinski definition) is 6. The molecule has 27 heavy (non-hydrogen) atoms. The van der Waals surface area contributed by atoms with Crippen molar-refractivity contribution in [2.45, 2.75) is 25.0 Å². The van der Waals surface area contributed by atoms with Crippen LogP contribution >= 0.6 is 0 Å². The van der Waals surface area contributed by atoms with Crippen LogP contribution in [-0.2, 0) is 0 Å². The molecule has 5 rings (SSSR count). The maximum atomic E-state index is 13.0. The fraction of sp³-hybridized carbons (Fsp3) is 0.421. The van der Waals surface area contributed by atoms with Crippen molar-refractivity contribution in [1.82, 2.24) is 29.6 Å². The van der Waals surface area contributed by atoms with Crippen molar-refractivity contribution in [3.05, 3.63) is 48.8 Å². The van der Waals surface area contributed by atoms with Crippen LogP contribution in [0.2, 0.25) is 0 Å². The topological polar surface area (TPSA) is 97.0 Å². The van der Waals surface area contributed by atoms with Gasteiger partial charge in [0, 0.05) is 13.1 Å². The molecule has 2 fully saturated rings. The molecule has 8 nitrogen and oxygen atoms in total. The van der Waals surface area contributed by atoms with Gasteiger partial charge in [0.1, 0.15) is 18.3 Å². The number of amides is 1. The molecular weight excluding hydrogens is 344 g/mol. The number of carbonyl (C=O) groups excluding carboxylic acids is 1. The number of aliphatic hydroxyl groups excluding tert-OH is 1. The molecule has 1 aliphatic carbocycles. The maximum Gasteiger partial charge on any atom is 0.274 e. The molecule has 2 aromatic heterocycles. The van der Waals surface area contributed by atoms with Gasteiger partial charge in [-0.15, -0.1) is 0 Å².